The summed E-state index contributed by atoms with van der Waals surface area (Å²) < 4.78 is 36.6. The summed E-state index contributed by atoms with van der Waals surface area (Å²) in [4.78, 5) is 9.95. The predicted octanol–water partition coefficient (Wildman–Crippen LogP) is 4.75. The molecule has 0 saturated carbocycles. The Morgan fingerprint density at radius 3 is 1.96 bits per heavy atom. The molecule has 9 heteroatoms. The highest BCUT2D eigenvalue weighted by atomic mass is 32.2. The number of hydrogen-bond donors (Lipinski definition) is 0. The van der Waals surface area contributed by atoms with Gasteiger partial charge in [-0.25, -0.2) is 0 Å². The number of nitrogens with zero attached hydrogens (tertiary/aromatic N) is 1. The van der Waals surface area contributed by atoms with E-state index in [1.807, 2.05) is 0 Å². The topological polar surface area (TPSA) is 95.7 Å². The highest BCUT2D eigenvalue weighted by Gasteiger charge is 2.39. The fourth-order valence-corrected chi connectivity index (χ4v) is 3.90. The summed E-state index contributed by atoms with van der Waals surface area (Å²) in [6.45, 7) is 10.3. The Hall–Kier alpha value is -2.39. The molecule has 0 aliphatic rings. The van der Waals surface area contributed by atoms with Crippen molar-refractivity contribution in [3.63, 3.8) is 0 Å². The van der Waals surface area contributed by atoms with E-state index in [9.17, 15) is 18.5 Å². The third-order valence-electron chi connectivity index (χ3n) is 4.56. The second kappa shape index (κ2) is 7.32. The average molecular weight is 410 g/mol. The fourth-order valence-electron chi connectivity index (χ4n) is 1.93. The van der Waals surface area contributed by atoms with Gasteiger partial charge in [-0.1, -0.05) is 32.9 Å². The van der Waals surface area contributed by atoms with E-state index in [0.717, 1.165) is 24.3 Å². The van der Waals surface area contributed by atoms with Gasteiger partial charge in [0.15, 0.2) is 5.75 Å². The minimum absolute atomic E-state index is 0.0721. The van der Waals surface area contributed by atoms with E-state index in [4.69, 9.17) is 8.61 Å². The monoisotopic (exact) mass is 409 g/mol. The van der Waals surface area contributed by atoms with E-state index in [1.165, 1.54) is 6.07 Å². The van der Waals surface area contributed by atoms with Crippen LogP contribution in [0.25, 0.3) is 0 Å². The number of benzene rings is 2. The molecule has 7 nitrogen and oxygen atoms in total. The SMILES string of the molecule is CC(C)(C)[Si](C)(C)Oc1ccccc1OS(=O)(=O)c1ccc([N+](=O)[O-])cc1. The van der Waals surface area contributed by atoms with Gasteiger partial charge in [0.1, 0.15) is 10.6 Å². The highest BCUT2D eigenvalue weighted by molar-refractivity contribution is 7.87. The van der Waals surface area contributed by atoms with Gasteiger partial charge in [-0.15, -0.1) is 0 Å². The molecule has 2 aromatic rings. The predicted molar refractivity (Wildman–Crippen MR) is 105 cm³/mol. The minimum atomic E-state index is -4.16. The molecule has 0 unspecified atom stereocenters. The molecule has 2 rings (SSSR count). The Balaban J connectivity index is 2.33. The summed E-state index contributed by atoms with van der Waals surface area (Å²) in [5, 5.41) is 10.7. The van der Waals surface area contributed by atoms with Gasteiger partial charge in [-0.05, 0) is 42.4 Å². The highest BCUT2D eigenvalue weighted by Crippen LogP contribution is 2.40. The maximum atomic E-state index is 12.6. The molecule has 0 bridgehead atoms. The summed E-state index contributed by atoms with van der Waals surface area (Å²) in [5.41, 5.74) is -0.199. The van der Waals surface area contributed by atoms with Crippen LogP contribution < -0.4 is 8.61 Å². The van der Waals surface area contributed by atoms with Crippen molar-refractivity contribution in [2.75, 3.05) is 0 Å². The lowest BCUT2D eigenvalue weighted by Gasteiger charge is -2.36. The van der Waals surface area contributed by atoms with Gasteiger partial charge in [0.05, 0.1) is 4.92 Å². The van der Waals surface area contributed by atoms with E-state index in [1.54, 1.807) is 18.2 Å². The summed E-state index contributed by atoms with van der Waals surface area (Å²) in [7, 11) is -6.36. The quantitative estimate of drug-likeness (QED) is 0.296. The first-order valence-electron chi connectivity index (χ1n) is 8.30. The third-order valence-corrected chi connectivity index (χ3v) is 10.1. The molecule has 0 aromatic heterocycles. The minimum Gasteiger partial charge on any atom is -0.541 e. The van der Waals surface area contributed by atoms with Crippen LogP contribution in [0.3, 0.4) is 0 Å². The largest absolute Gasteiger partial charge is 0.541 e. The Bertz CT molecular complexity index is 933. The van der Waals surface area contributed by atoms with Crippen molar-refractivity contribution in [1.82, 2.24) is 0 Å². The van der Waals surface area contributed by atoms with Gasteiger partial charge in [0.2, 0.25) is 0 Å². The van der Waals surface area contributed by atoms with Gasteiger partial charge >= 0.3 is 10.1 Å². The van der Waals surface area contributed by atoms with Crippen LogP contribution in [0.15, 0.2) is 53.4 Å². The molecule has 0 N–H and O–H groups in total. The molecule has 0 amide bonds. The van der Waals surface area contributed by atoms with Gasteiger partial charge in [-0.3, -0.25) is 10.1 Å². The lowest BCUT2D eigenvalue weighted by Crippen LogP contribution is -2.43. The first-order chi connectivity index (χ1) is 12.3. The standard InChI is InChI=1S/C18H23NO6SSi/c1-18(2,3)27(4,5)25-17-9-7-6-8-16(17)24-26(22,23)15-12-10-14(11-13-15)19(20)21/h6-13H,1-5H3. The number of nitro groups is 1. The Labute approximate surface area is 160 Å². The molecule has 0 heterocycles. The molecule has 0 radical (unpaired) electrons. The van der Waals surface area contributed by atoms with Crippen molar-refractivity contribution < 1.29 is 22.0 Å². The van der Waals surface area contributed by atoms with Crippen molar-refractivity contribution in [3.05, 3.63) is 58.6 Å². The first-order valence-corrected chi connectivity index (χ1v) is 12.6. The summed E-state index contributed by atoms with van der Waals surface area (Å²) >= 11 is 0. The number of nitro benzene ring substituents is 1. The summed E-state index contributed by atoms with van der Waals surface area (Å²) in [5.74, 6) is 0.440. The second-order valence-electron chi connectivity index (χ2n) is 7.60. The van der Waals surface area contributed by atoms with Gasteiger partial charge < -0.3 is 8.61 Å². The Kier molecular flexibility index (Phi) is 5.67. The molecule has 0 aliphatic heterocycles. The van der Waals surface area contributed by atoms with Crippen LogP contribution in [0, 0.1) is 10.1 Å². The van der Waals surface area contributed by atoms with Gasteiger partial charge in [0.25, 0.3) is 14.0 Å². The van der Waals surface area contributed by atoms with Crippen LogP contribution in [-0.4, -0.2) is 21.7 Å². The molecule has 0 fully saturated rings. The normalized spacial score (nSPS) is 12.5. The number of non-ortho nitro benzene ring substituents is 1. The number of rotatable bonds is 6. The van der Waals surface area contributed by atoms with Crippen LogP contribution in [0.1, 0.15) is 20.8 Å². The smallest absolute Gasteiger partial charge is 0.339 e. The molecule has 27 heavy (non-hydrogen) atoms. The number of para-hydroxylation sites is 2. The lowest BCUT2D eigenvalue weighted by atomic mass is 10.2. The summed E-state index contributed by atoms with van der Waals surface area (Å²) in [6, 6.07) is 11.1. The van der Waals surface area contributed by atoms with E-state index in [0.29, 0.717) is 5.75 Å². The zero-order valence-corrected chi connectivity index (χ0v) is 17.7. The average Bonchev–Trinajstić information content (AvgIpc) is 2.55. The lowest BCUT2D eigenvalue weighted by molar-refractivity contribution is -0.384. The Morgan fingerprint density at radius 2 is 1.48 bits per heavy atom. The zero-order chi connectivity index (χ0) is 20.5. The van der Waals surface area contributed by atoms with Gasteiger partial charge in [0, 0.05) is 12.1 Å². The second-order valence-corrected chi connectivity index (χ2v) is 13.9. The summed E-state index contributed by atoms with van der Waals surface area (Å²) in [6.07, 6.45) is 0. The van der Waals surface area contributed by atoms with Crippen molar-refractivity contribution in [1.29, 1.82) is 0 Å². The van der Waals surface area contributed by atoms with Crippen molar-refractivity contribution in [3.8, 4) is 11.5 Å². The Morgan fingerprint density at radius 1 is 0.963 bits per heavy atom. The van der Waals surface area contributed by atoms with Crippen molar-refractivity contribution in [2.24, 2.45) is 0 Å². The van der Waals surface area contributed by atoms with Crippen LogP contribution in [-0.2, 0) is 10.1 Å². The molecule has 0 aliphatic carbocycles. The van der Waals surface area contributed by atoms with Crippen LogP contribution in [0.5, 0.6) is 11.5 Å². The van der Waals surface area contributed by atoms with E-state index in [2.05, 4.69) is 33.9 Å². The van der Waals surface area contributed by atoms with Crippen molar-refractivity contribution in [2.45, 2.75) is 43.8 Å². The van der Waals surface area contributed by atoms with Gasteiger partial charge in [-0.2, -0.15) is 8.42 Å². The van der Waals surface area contributed by atoms with Crippen molar-refractivity contribution >= 4 is 24.1 Å². The van der Waals surface area contributed by atoms with E-state index in [-0.39, 0.29) is 21.4 Å². The fraction of sp³-hybridized carbons (Fsp3) is 0.333. The molecule has 0 spiro atoms. The third kappa shape index (κ3) is 4.86. The maximum absolute atomic E-state index is 12.6. The molecule has 2 aromatic carbocycles. The molecular weight excluding hydrogens is 386 g/mol. The first kappa shape index (κ1) is 20.9. The van der Waals surface area contributed by atoms with E-state index >= 15 is 0 Å². The zero-order valence-electron chi connectivity index (χ0n) is 15.9. The van der Waals surface area contributed by atoms with Crippen LogP contribution in [0.2, 0.25) is 18.1 Å². The van der Waals surface area contributed by atoms with Crippen LogP contribution >= 0.6 is 0 Å². The van der Waals surface area contributed by atoms with Crippen LogP contribution in [0.4, 0.5) is 5.69 Å². The van der Waals surface area contributed by atoms with E-state index < -0.39 is 23.4 Å². The molecular formula is C18H23NO6SSi. The number of hydrogen-bond acceptors (Lipinski definition) is 6. The molecule has 146 valence electrons. The molecule has 0 atom stereocenters. The molecule has 0 saturated heterocycles. The maximum Gasteiger partial charge on any atom is 0.339 e.